The molecule has 0 fully saturated rings. The molecular formula is C17H20N2O2. The molecule has 4 nitrogen and oxygen atoms in total. The van der Waals surface area contributed by atoms with Crippen LogP contribution in [-0.4, -0.2) is 17.6 Å². The Morgan fingerprint density at radius 1 is 1.10 bits per heavy atom. The molecule has 2 rings (SSSR count). The zero-order valence-electron chi connectivity index (χ0n) is 12.0. The molecule has 0 saturated carbocycles. The largest absolute Gasteiger partial charge is 0.387 e. The van der Waals surface area contributed by atoms with Gasteiger partial charge in [-0.15, -0.1) is 0 Å². The maximum atomic E-state index is 10.9. The maximum absolute atomic E-state index is 10.9. The fraction of sp³-hybridized carbons (Fsp3) is 0.235. The number of hydrogen-bond donors (Lipinski definition) is 3. The topological polar surface area (TPSA) is 61.4 Å². The van der Waals surface area contributed by atoms with Crippen LogP contribution in [-0.2, 0) is 11.3 Å². The second-order valence-corrected chi connectivity index (χ2v) is 4.94. The summed E-state index contributed by atoms with van der Waals surface area (Å²) in [6, 6.07) is 17.2. The summed E-state index contributed by atoms with van der Waals surface area (Å²) in [6.45, 7) is 2.65. The molecular weight excluding hydrogens is 264 g/mol. The normalized spacial score (nSPS) is 11.9. The van der Waals surface area contributed by atoms with E-state index in [0.29, 0.717) is 13.1 Å². The van der Waals surface area contributed by atoms with E-state index < -0.39 is 6.10 Å². The van der Waals surface area contributed by atoms with Crippen molar-refractivity contribution in [2.45, 2.75) is 19.6 Å². The highest BCUT2D eigenvalue weighted by atomic mass is 16.3. The molecule has 0 radical (unpaired) electrons. The minimum Gasteiger partial charge on any atom is -0.387 e. The quantitative estimate of drug-likeness (QED) is 0.763. The molecule has 0 heterocycles. The van der Waals surface area contributed by atoms with Crippen LogP contribution >= 0.6 is 0 Å². The fourth-order valence-corrected chi connectivity index (χ4v) is 2.06. The SMILES string of the molecule is CC(=O)Nc1ccc(CNC[C@@H](O)c2ccccc2)cc1. The Morgan fingerprint density at radius 3 is 2.38 bits per heavy atom. The third-order valence-corrected chi connectivity index (χ3v) is 3.13. The van der Waals surface area contributed by atoms with Gasteiger partial charge in [-0.1, -0.05) is 42.5 Å². The van der Waals surface area contributed by atoms with Gasteiger partial charge in [0.15, 0.2) is 0 Å². The Bertz CT molecular complexity index is 567. The molecule has 2 aromatic carbocycles. The number of carbonyl (C=O) groups excluding carboxylic acids is 1. The van der Waals surface area contributed by atoms with Crippen LogP contribution in [0.2, 0.25) is 0 Å². The number of rotatable bonds is 6. The highest BCUT2D eigenvalue weighted by Gasteiger charge is 2.05. The molecule has 110 valence electrons. The van der Waals surface area contributed by atoms with E-state index in [-0.39, 0.29) is 5.91 Å². The molecule has 0 aliphatic heterocycles. The number of anilines is 1. The lowest BCUT2D eigenvalue weighted by molar-refractivity contribution is -0.114. The second-order valence-electron chi connectivity index (χ2n) is 4.94. The zero-order chi connectivity index (χ0) is 15.1. The van der Waals surface area contributed by atoms with E-state index in [9.17, 15) is 9.90 Å². The van der Waals surface area contributed by atoms with Crippen LogP contribution in [0.4, 0.5) is 5.69 Å². The summed E-state index contributed by atoms with van der Waals surface area (Å²) in [5.74, 6) is -0.0770. The lowest BCUT2D eigenvalue weighted by Crippen LogP contribution is -2.21. The molecule has 2 aromatic rings. The second kappa shape index (κ2) is 7.57. The van der Waals surface area contributed by atoms with Crippen LogP contribution in [0.15, 0.2) is 54.6 Å². The average molecular weight is 284 g/mol. The van der Waals surface area contributed by atoms with Crippen molar-refractivity contribution in [2.75, 3.05) is 11.9 Å². The van der Waals surface area contributed by atoms with Crippen molar-refractivity contribution in [1.82, 2.24) is 5.32 Å². The van der Waals surface area contributed by atoms with Gasteiger partial charge in [-0.2, -0.15) is 0 Å². The summed E-state index contributed by atoms with van der Waals surface area (Å²) in [4.78, 5) is 10.9. The van der Waals surface area contributed by atoms with Crippen molar-refractivity contribution in [3.63, 3.8) is 0 Å². The van der Waals surface area contributed by atoms with Gasteiger partial charge in [0.2, 0.25) is 5.91 Å². The molecule has 3 N–H and O–H groups in total. The molecule has 0 aliphatic carbocycles. The van der Waals surface area contributed by atoms with Crippen molar-refractivity contribution >= 4 is 11.6 Å². The monoisotopic (exact) mass is 284 g/mol. The summed E-state index contributed by atoms with van der Waals surface area (Å²) >= 11 is 0. The van der Waals surface area contributed by atoms with Gasteiger partial charge in [-0.05, 0) is 23.3 Å². The van der Waals surface area contributed by atoms with Crippen LogP contribution in [0.3, 0.4) is 0 Å². The van der Waals surface area contributed by atoms with Crippen LogP contribution in [0.25, 0.3) is 0 Å². The molecule has 0 unspecified atom stereocenters. The summed E-state index contributed by atoms with van der Waals surface area (Å²) in [6.07, 6.45) is -0.509. The lowest BCUT2D eigenvalue weighted by atomic mass is 10.1. The Kier molecular flexibility index (Phi) is 5.49. The minimum absolute atomic E-state index is 0.0770. The summed E-state index contributed by atoms with van der Waals surface area (Å²) in [5.41, 5.74) is 2.80. The number of aliphatic hydroxyl groups excluding tert-OH is 1. The predicted octanol–water partition coefficient (Wildman–Crippen LogP) is 2.47. The molecule has 1 amide bonds. The van der Waals surface area contributed by atoms with Crippen LogP contribution in [0, 0.1) is 0 Å². The Labute approximate surface area is 124 Å². The summed E-state index contributed by atoms with van der Waals surface area (Å²) in [5, 5.41) is 16.0. The van der Waals surface area contributed by atoms with E-state index in [1.54, 1.807) is 0 Å². The molecule has 0 bridgehead atoms. The average Bonchev–Trinajstić information content (AvgIpc) is 2.49. The zero-order valence-corrected chi connectivity index (χ0v) is 12.0. The smallest absolute Gasteiger partial charge is 0.221 e. The third kappa shape index (κ3) is 5.02. The van der Waals surface area contributed by atoms with E-state index in [0.717, 1.165) is 16.8 Å². The van der Waals surface area contributed by atoms with Gasteiger partial charge < -0.3 is 15.7 Å². The molecule has 0 aromatic heterocycles. The lowest BCUT2D eigenvalue weighted by Gasteiger charge is -2.12. The van der Waals surface area contributed by atoms with Crippen molar-refractivity contribution in [1.29, 1.82) is 0 Å². The number of nitrogens with one attached hydrogen (secondary N) is 2. The van der Waals surface area contributed by atoms with Crippen LogP contribution in [0.5, 0.6) is 0 Å². The molecule has 0 spiro atoms. The van der Waals surface area contributed by atoms with Gasteiger partial charge in [0.05, 0.1) is 6.10 Å². The predicted molar refractivity (Wildman–Crippen MR) is 83.9 cm³/mol. The van der Waals surface area contributed by atoms with Gasteiger partial charge in [-0.3, -0.25) is 4.79 Å². The standard InChI is InChI=1S/C17H20N2O2/c1-13(20)19-16-9-7-14(8-10-16)11-18-12-17(21)15-5-3-2-4-6-15/h2-10,17-18,21H,11-12H2,1H3,(H,19,20)/t17-/m1/s1. The first kappa shape index (κ1) is 15.2. The Hall–Kier alpha value is -2.17. The van der Waals surface area contributed by atoms with E-state index in [1.165, 1.54) is 6.92 Å². The number of aliphatic hydroxyl groups is 1. The highest BCUT2D eigenvalue weighted by molar-refractivity contribution is 5.88. The van der Waals surface area contributed by atoms with Crippen molar-refractivity contribution in [3.8, 4) is 0 Å². The van der Waals surface area contributed by atoms with E-state index in [2.05, 4.69) is 10.6 Å². The molecule has 4 heteroatoms. The Balaban J connectivity index is 1.79. The molecule has 21 heavy (non-hydrogen) atoms. The molecule has 1 atom stereocenters. The molecule has 0 aliphatic rings. The first-order valence-electron chi connectivity index (χ1n) is 6.95. The number of hydrogen-bond acceptors (Lipinski definition) is 3. The minimum atomic E-state index is -0.509. The van der Waals surface area contributed by atoms with Crippen molar-refractivity contribution < 1.29 is 9.90 Å². The fourth-order valence-electron chi connectivity index (χ4n) is 2.06. The van der Waals surface area contributed by atoms with Crippen LogP contribution in [0.1, 0.15) is 24.2 Å². The van der Waals surface area contributed by atoms with Crippen LogP contribution < -0.4 is 10.6 Å². The summed E-state index contributed by atoms with van der Waals surface area (Å²) < 4.78 is 0. The maximum Gasteiger partial charge on any atom is 0.221 e. The number of amides is 1. The first-order chi connectivity index (χ1) is 10.1. The summed E-state index contributed by atoms with van der Waals surface area (Å²) in [7, 11) is 0. The van der Waals surface area contributed by atoms with Gasteiger partial charge in [0.1, 0.15) is 0 Å². The van der Waals surface area contributed by atoms with Gasteiger partial charge in [0, 0.05) is 25.7 Å². The van der Waals surface area contributed by atoms with Crippen molar-refractivity contribution in [2.24, 2.45) is 0 Å². The number of carbonyl (C=O) groups is 1. The van der Waals surface area contributed by atoms with Crippen molar-refractivity contribution in [3.05, 3.63) is 65.7 Å². The van der Waals surface area contributed by atoms with Gasteiger partial charge >= 0.3 is 0 Å². The number of benzene rings is 2. The van der Waals surface area contributed by atoms with E-state index in [4.69, 9.17) is 0 Å². The van der Waals surface area contributed by atoms with Gasteiger partial charge in [0.25, 0.3) is 0 Å². The molecule has 0 saturated heterocycles. The first-order valence-corrected chi connectivity index (χ1v) is 6.95. The van der Waals surface area contributed by atoms with E-state index >= 15 is 0 Å². The van der Waals surface area contributed by atoms with E-state index in [1.807, 2.05) is 54.6 Å². The Morgan fingerprint density at radius 2 is 1.76 bits per heavy atom. The highest BCUT2D eigenvalue weighted by Crippen LogP contribution is 2.12. The van der Waals surface area contributed by atoms with Gasteiger partial charge in [-0.25, -0.2) is 0 Å². The third-order valence-electron chi connectivity index (χ3n) is 3.13.